The zero-order chi connectivity index (χ0) is 11.0. The molecule has 0 spiro atoms. The number of ketones is 1. The summed E-state index contributed by atoms with van der Waals surface area (Å²) in [5.41, 5.74) is 9.17. The van der Waals surface area contributed by atoms with Gasteiger partial charge in [0, 0.05) is 22.2 Å². The number of hydrogen-bond donors (Lipinski definition) is 2. The van der Waals surface area contributed by atoms with Gasteiger partial charge in [-0.25, -0.2) is 0 Å². The van der Waals surface area contributed by atoms with Crippen LogP contribution in [-0.2, 0) is 0 Å². The summed E-state index contributed by atoms with van der Waals surface area (Å²) in [6, 6.07) is 6.03. The third-order valence-electron chi connectivity index (χ3n) is 2.61. The Kier molecular flexibility index (Phi) is 2.32. The summed E-state index contributed by atoms with van der Waals surface area (Å²) >= 11 is 0. The third-order valence-corrected chi connectivity index (χ3v) is 2.61. The van der Waals surface area contributed by atoms with Crippen LogP contribution in [0.25, 0.3) is 10.9 Å². The highest BCUT2D eigenvalue weighted by Gasteiger charge is 2.14. The molecule has 1 heterocycles. The number of nitrogens with two attached hydrogens (primary N) is 1. The number of aromatic amines is 1. The SMILES string of the molecule is Cc1ccc2[nH]c(C)c(C(=O)CN)c2c1. The van der Waals surface area contributed by atoms with Gasteiger partial charge in [0.2, 0.25) is 0 Å². The van der Waals surface area contributed by atoms with Gasteiger partial charge in [0.25, 0.3) is 0 Å². The van der Waals surface area contributed by atoms with Crippen molar-refractivity contribution in [2.24, 2.45) is 5.73 Å². The molecule has 15 heavy (non-hydrogen) atoms. The minimum Gasteiger partial charge on any atom is -0.358 e. The molecule has 3 heteroatoms. The molecule has 0 fully saturated rings. The number of nitrogens with one attached hydrogen (secondary N) is 1. The molecule has 0 saturated heterocycles. The Bertz CT molecular complexity index is 526. The lowest BCUT2D eigenvalue weighted by atomic mass is 10.1. The molecule has 2 rings (SSSR count). The predicted octanol–water partition coefficient (Wildman–Crippen LogP) is 1.93. The van der Waals surface area contributed by atoms with Crippen molar-refractivity contribution >= 4 is 16.7 Å². The molecule has 0 aliphatic heterocycles. The van der Waals surface area contributed by atoms with Crippen molar-refractivity contribution in [3.05, 3.63) is 35.0 Å². The van der Waals surface area contributed by atoms with Gasteiger partial charge in [0.1, 0.15) is 0 Å². The molecule has 1 aromatic carbocycles. The number of H-pyrrole nitrogens is 1. The molecule has 0 amide bonds. The van der Waals surface area contributed by atoms with Gasteiger partial charge in [-0.2, -0.15) is 0 Å². The number of Topliss-reactive ketones (excluding diaryl/α,β-unsaturated/α-hetero) is 1. The average Bonchev–Trinajstić information content (AvgIpc) is 2.52. The quantitative estimate of drug-likeness (QED) is 0.731. The van der Waals surface area contributed by atoms with E-state index in [0.29, 0.717) is 0 Å². The average molecular weight is 202 g/mol. The molecular weight excluding hydrogens is 188 g/mol. The van der Waals surface area contributed by atoms with Crippen LogP contribution < -0.4 is 5.73 Å². The molecule has 1 aromatic heterocycles. The summed E-state index contributed by atoms with van der Waals surface area (Å²) in [5.74, 6) is -0.00986. The second-order valence-corrected chi connectivity index (χ2v) is 3.80. The van der Waals surface area contributed by atoms with E-state index in [4.69, 9.17) is 5.73 Å². The molecule has 0 aliphatic rings. The van der Waals surface area contributed by atoms with E-state index in [9.17, 15) is 4.79 Å². The van der Waals surface area contributed by atoms with Gasteiger partial charge < -0.3 is 10.7 Å². The van der Waals surface area contributed by atoms with E-state index in [2.05, 4.69) is 4.98 Å². The summed E-state index contributed by atoms with van der Waals surface area (Å²) in [6.07, 6.45) is 0. The van der Waals surface area contributed by atoms with Gasteiger partial charge in [-0.05, 0) is 26.0 Å². The highest BCUT2D eigenvalue weighted by Crippen LogP contribution is 2.23. The molecule has 0 bridgehead atoms. The van der Waals surface area contributed by atoms with Gasteiger partial charge >= 0.3 is 0 Å². The number of rotatable bonds is 2. The smallest absolute Gasteiger partial charge is 0.178 e. The monoisotopic (exact) mass is 202 g/mol. The molecule has 2 aromatic rings. The van der Waals surface area contributed by atoms with Crippen LogP contribution in [0.1, 0.15) is 21.6 Å². The number of hydrogen-bond acceptors (Lipinski definition) is 2. The summed E-state index contributed by atoms with van der Waals surface area (Å²) in [4.78, 5) is 14.9. The van der Waals surface area contributed by atoms with Crippen LogP contribution in [-0.4, -0.2) is 17.3 Å². The van der Waals surface area contributed by atoms with Crippen LogP contribution in [0.4, 0.5) is 0 Å². The van der Waals surface area contributed by atoms with Gasteiger partial charge in [-0.15, -0.1) is 0 Å². The first-order valence-electron chi connectivity index (χ1n) is 4.95. The molecule has 0 atom stereocenters. The minimum atomic E-state index is -0.00986. The lowest BCUT2D eigenvalue weighted by Gasteiger charge is -1.98. The number of carbonyl (C=O) groups excluding carboxylic acids is 1. The van der Waals surface area contributed by atoms with E-state index in [0.717, 1.165) is 27.7 Å². The van der Waals surface area contributed by atoms with Gasteiger partial charge in [0.05, 0.1) is 6.54 Å². The lowest BCUT2D eigenvalue weighted by Crippen LogP contribution is -2.14. The first kappa shape index (κ1) is 9.93. The molecule has 3 N–H and O–H groups in total. The summed E-state index contributed by atoms with van der Waals surface area (Å²) in [6.45, 7) is 3.97. The number of benzene rings is 1. The van der Waals surface area contributed by atoms with E-state index in [1.54, 1.807) is 0 Å². The fraction of sp³-hybridized carbons (Fsp3) is 0.250. The number of fused-ring (bicyclic) bond motifs is 1. The van der Waals surface area contributed by atoms with Crippen molar-refractivity contribution in [3.63, 3.8) is 0 Å². The zero-order valence-corrected chi connectivity index (χ0v) is 8.92. The molecule has 0 radical (unpaired) electrons. The number of carbonyl (C=O) groups is 1. The van der Waals surface area contributed by atoms with Gasteiger partial charge in [-0.3, -0.25) is 4.79 Å². The first-order valence-corrected chi connectivity index (χ1v) is 4.95. The minimum absolute atomic E-state index is 0.00986. The van der Waals surface area contributed by atoms with Crippen molar-refractivity contribution < 1.29 is 4.79 Å². The Morgan fingerprint density at radius 3 is 2.80 bits per heavy atom. The van der Waals surface area contributed by atoms with Crippen LogP contribution in [0.15, 0.2) is 18.2 Å². The largest absolute Gasteiger partial charge is 0.358 e. The maximum Gasteiger partial charge on any atom is 0.178 e. The topological polar surface area (TPSA) is 58.9 Å². The fourth-order valence-electron chi connectivity index (χ4n) is 1.90. The molecule has 3 nitrogen and oxygen atoms in total. The Hall–Kier alpha value is -1.61. The molecule has 0 saturated carbocycles. The molecule has 78 valence electrons. The summed E-state index contributed by atoms with van der Waals surface area (Å²) < 4.78 is 0. The highest BCUT2D eigenvalue weighted by molar-refractivity contribution is 6.10. The van der Waals surface area contributed by atoms with E-state index < -0.39 is 0 Å². The molecular formula is C12H14N2O. The standard InChI is InChI=1S/C12H14N2O/c1-7-3-4-10-9(5-7)12(8(2)14-10)11(15)6-13/h3-5,14H,6,13H2,1-2H3. The maximum atomic E-state index is 11.7. The van der Waals surface area contributed by atoms with E-state index in [-0.39, 0.29) is 12.3 Å². The van der Waals surface area contributed by atoms with Crippen LogP contribution in [0, 0.1) is 13.8 Å². The van der Waals surface area contributed by atoms with Gasteiger partial charge in [0.15, 0.2) is 5.78 Å². The van der Waals surface area contributed by atoms with E-state index in [1.165, 1.54) is 0 Å². The van der Waals surface area contributed by atoms with Crippen molar-refractivity contribution in [1.29, 1.82) is 0 Å². The Morgan fingerprint density at radius 1 is 1.40 bits per heavy atom. The first-order chi connectivity index (χ1) is 7.13. The Labute approximate surface area is 88.3 Å². The van der Waals surface area contributed by atoms with Crippen molar-refractivity contribution in [3.8, 4) is 0 Å². The molecule has 0 aliphatic carbocycles. The van der Waals surface area contributed by atoms with E-state index >= 15 is 0 Å². The highest BCUT2D eigenvalue weighted by atomic mass is 16.1. The van der Waals surface area contributed by atoms with Crippen molar-refractivity contribution in [2.75, 3.05) is 6.54 Å². The molecule has 0 unspecified atom stereocenters. The van der Waals surface area contributed by atoms with Crippen molar-refractivity contribution in [1.82, 2.24) is 4.98 Å². The van der Waals surface area contributed by atoms with E-state index in [1.807, 2.05) is 32.0 Å². The number of aryl methyl sites for hydroxylation is 2. The lowest BCUT2D eigenvalue weighted by molar-refractivity contribution is 0.100. The van der Waals surface area contributed by atoms with Crippen LogP contribution in [0.2, 0.25) is 0 Å². The number of aromatic nitrogens is 1. The second-order valence-electron chi connectivity index (χ2n) is 3.80. The Balaban J connectivity index is 2.76. The predicted molar refractivity (Wildman–Crippen MR) is 61.2 cm³/mol. The summed E-state index contributed by atoms with van der Waals surface area (Å²) in [5, 5.41) is 0.975. The normalized spacial score (nSPS) is 10.9. The van der Waals surface area contributed by atoms with Crippen molar-refractivity contribution in [2.45, 2.75) is 13.8 Å². The zero-order valence-electron chi connectivity index (χ0n) is 8.92. The third kappa shape index (κ3) is 1.55. The van der Waals surface area contributed by atoms with Crippen LogP contribution in [0.5, 0.6) is 0 Å². The van der Waals surface area contributed by atoms with Gasteiger partial charge in [-0.1, -0.05) is 11.6 Å². The summed E-state index contributed by atoms with van der Waals surface area (Å²) in [7, 11) is 0. The fourth-order valence-corrected chi connectivity index (χ4v) is 1.90. The van der Waals surface area contributed by atoms with Crippen LogP contribution in [0.3, 0.4) is 0 Å². The van der Waals surface area contributed by atoms with Crippen LogP contribution >= 0.6 is 0 Å². The maximum absolute atomic E-state index is 11.7. The second kappa shape index (κ2) is 3.51. The Morgan fingerprint density at radius 2 is 2.13 bits per heavy atom.